The van der Waals surface area contributed by atoms with Crippen LogP contribution in [0.25, 0.3) is 0 Å². The Hall–Kier alpha value is -2.44. The molecule has 2 rings (SSSR count). The maximum absolute atomic E-state index is 12.1. The minimum atomic E-state index is -0.317. The van der Waals surface area contributed by atoms with Gasteiger partial charge in [0, 0.05) is 23.0 Å². The molecule has 0 aliphatic heterocycles. The van der Waals surface area contributed by atoms with Gasteiger partial charge in [0.05, 0.1) is 12.6 Å². The number of nitrogens with zero attached hydrogens (tertiary/aromatic N) is 1. The summed E-state index contributed by atoms with van der Waals surface area (Å²) in [4.78, 5) is 28.0. The highest BCUT2D eigenvalue weighted by molar-refractivity contribution is 6.29. The Labute approximate surface area is 144 Å². The van der Waals surface area contributed by atoms with Crippen molar-refractivity contribution >= 4 is 29.1 Å². The standard InChI is InChI=1S/C17H18ClN3O3/c1-2-13(10-22)20-16(23)11-3-5-14(6-4-11)21-17(24)12-7-8-19-15(18)9-12/h3-9,13,22H,2,10H2,1H3,(H,20,23)(H,21,24)/t13-/m0/s1. The molecular weight excluding hydrogens is 330 g/mol. The van der Waals surface area contributed by atoms with Crippen molar-refractivity contribution in [1.29, 1.82) is 0 Å². The summed E-state index contributed by atoms with van der Waals surface area (Å²) in [6, 6.07) is 9.24. The van der Waals surface area contributed by atoms with Crippen LogP contribution in [0.5, 0.6) is 0 Å². The Morgan fingerprint density at radius 3 is 2.46 bits per heavy atom. The Morgan fingerprint density at radius 2 is 1.88 bits per heavy atom. The molecular formula is C17H18ClN3O3. The first kappa shape index (κ1) is 17.9. The van der Waals surface area contributed by atoms with Gasteiger partial charge in [-0.2, -0.15) is 0 Å². The average Bonchev–Trinajstić information content (AvgIpc) is 2.60. The van der Waals surface area contributed by atoms with E-state index in [1.165, 1.54) is 12.3 Å². The zero-order valence-corrected chi connectivity index (χ0v) is 13.9. The van der Waals surface area contributed by atoms with Crippen LogP contribution in [-0.2, 0) is 0 Å². The van der Waals surface area contributed by atoms with E-state index < -0.39 is 0 Å². The van der Waals surface area contributed by atoms with Crippen molar-refractivity contribution in [3.05, 3.63) is 58.9 Å². The van der Waals surface area contributed by atoms with Crippen LogP contribution in [0.4, 0.5) is 5.69 Å². The van der Waals surface area contributed by atoms with E-state index in [2.05, 4.69) is 15.6 Å². The Kier molecular flexibility index (Phi) is 6.28. The predicted octanol–water partition coefficient (Wildman–Crippen LogP) is 2.49. The van der Waals surface area contributed by atoms with Crippen molar-refractivity contribution in [3.63, 3.8) is 0 Å². The quantitative estimate of drug-likeness (QED) is 0.700. The lowest BCUT2D eigenvalue weighted by atomic mass is 10.1. The maximum atomic E-state index is 12.1. The molecule has 6 nitrogen and oxygen atoms in total. The first-order chi connectivity index (χ1) is 11.5. The van der Waals surface area contributed by atoms with Gasteiger partial charge in [-0.05, 0) is 42.8 Å². The third kappa shape index (κ3) is 4.78. The second-order valence-corrected chi connectivity index (χ2v) is 5.55. The number of carbonyl (C=O) groups is 2. The molecule has 0 radical (unpaired) electrons. The molecule has 1 aromatic carbocycles. The number of pyridine rings is 1. The molecule has 24 heavy (non-hydrogen) atoms. The van der Waals surface area contributed by atoms with E-state index in [0.29, 0.717) is 23.2 Å². The van der Waals surface area contributed by atoms with Gasteiger partial charge in [0.1, 0.15) is 5.15 Å². The van der Waals surface area contributed by atoms with Crippen molar-refractivity contribution < 1.29 is 14.7 Å². The molecule has 0 bridgehead atoms. The van der Waals surface area contributed by atoms with Gasteiger partial charge < -0.3 is 15.7 Å². The van der Waals surface area contributed by atoms with Crippen LogP contribution in [-0.4, -0.2) is 34.6 Å². The summed E-state index contributed by atoms with van der Waals surface area (Å²) in [5.74, 6) is -0.586. The van der Waals surface area contributed by atoms with Gasteiger partial charge in [0.15, 0.2) is 0 Å². The molecule has 1 atom stereocenters. The van der Waals surface area contributed by atoms with Crippen molar-refractivity contribution in [1.82, 2.24) is 10.3 Å². The highest BCUT2D eigenvalue weighted by Crippen LogP contribution is 2.13. The van der Waals surface area contributed by atoms with E-state index in [-0.39, 0.29) is 29.6 Å². The molecule has 0 saturated heterocycles. The first-order valence-electron chi connectivity index (χ1n) is 7.48. The average molecular weight is 348 g/mol. The van der Waals surface area contributed by atoms with E-state index in [0.717, 1.165) is 0 Å². The van der Waals surface area contributed by atoms with Gasteiger partial charge in [0.25, 0.3) is 11.8 Å². The lowest BCUT2D eigenvalue weighted by molar-refractivity contribution is 0.0914. The van der Waals surface area contributed by atoms with Crippen LogP contribution in [0.1, 0.15) is 34.1 Å². The summed E-state index contributed by atoms with van der Waals surface area (Å²) in [7, 11) is 0. The summed E-state index contributed by atoms with van der Waals surface area (Å²) >= 11 is 5.76. The van der Waals surface area contributed by atoms with Crippen LogP contribution in [0, 0.1) is 0 Å². The number of nitrogens with one attached hydrogen (secondary N) is 2. The van der Waals surface area contributed by atoms with E-state index in [4.69, 9.17) is 16.7 Å². The largest absolute Gasteiger partial charge is 0.394 e. The number of hydrogen-bond donors (Lipinski definition) is 3. The topological polar surface area (TPSA) is 91.3 Å². The summed E-state index contributed by atoms with van der Waals surface area (Å²) in [5.41, 5.74) is 1.40. The molecule has 7 heteroatoms. The number of aromatic nitrogens is 1. The van der Waals surface area contributed by atoms with Gasteiger partial charge in [-0.1, -0.05) is 18.5 Å². The van der Waals surface area contributed by atoms with Crippen molar-refractivity contribution in [2.75, 3.05) is 11.9 Å². The summed E-state index contributed by atoms with van der Waals surface area (Å²) < 4.78 is 0. The molecule has 2 amide bonds. The lowest BCUT2D eigenvalue weighted by Gasteiger charge is -2.14. The summed E-state index contributed by atoms with van der Waals surface area (Å²) in [6.07, 6.45) is 2.10. The SMILES string of the molecule is CC[C@@H](CO)NC(=O)c1ccc(NC(=O)c2ccnc(Cl)c2)cc1. The second kappa shape index (κ2) is 8.42. The molecule has 0 aliphatic rings. The van der Waals surface area contributed by atoms with Gasteiger partial charge in [-0.3, -0.25) is 9.59 Å². The monoisotopic (exact) mass is 347 g/mol. The van der Waals surface area contributed by atoms with Crippen molar-refractivity contribution in [2.45, 2.75) is 19.4 Å². The normalized spacial score (nSPS) is 11.6. The molecule has 1 heterocycles. The number of amides is 2. The predicted molar refractivity (Wildman–Crippen MR) is 92.3 cm³/mol. The van der Waals surface area contributed by atoms with Crippen LogP contribution >= 0.6 is 11.6 Å². The molecule has 0 unspecified atom stereocenters. The molecule has 3 N–H and O–H groups in total. The van der Waals surface area contributed by atoms with E-state index >= 15 is 0 Å². The number of aliphatic hydroxyl groups is 1. The van der Waals surface area contributed by atoms with Crippen molar-refractivity contribution in [2.24, 2.45) is 0 Å². The highest BCUT2D eigenvalue weighted by atomic mass is 35.5. The summed E-state index contributed by atoms with van der Waals surface area (Å²) in [6.45, 7) is 1.77. The molecule has 0 fully saturated rings. The van der Waals surface area contributed by atoms with Gasteiger partial charge in [-0.25, -0.2) is 4.98 Å². The van der Waals surface area contributed by atoms with Gasteiger partial charge >= 0.3 is 0 Å². The number of halogens is 1. The zero-order chi connectivity index (χ0) is 17.5. The molecule has 0 saturated carbocycles. The number of hydrogen-bond acceptors (Lipinski definition) is 4. The maximum Gasteiger partial charge on any atom is 0.255 e. The smallest absolute Gasteiger partial charge is 0.255 e. The molecule has 2 aromatic rings. The molecule has 0 aliphatic carbocycles. The zero-order valence-electron chi connectivity index (χ0n) is 13.1. The first-order valence-corrected chi connectivity index (χ1v) is 7.86. The van der Waals surface area contributed by atoms with Crippen molar-refractivity contribution in [3.8, 4) is 0 Å². The van der Waals surface area contributed by atoms with E-state index in [1.54, 1.807) is 30.3 Å². The third-order valence-electron chi connectivity index (χ3n) is 3.44. The number of rotatable bonds is 6. The summed E-state index contributed by atoms with van der Waals surface area (Å²) in [5, 5.41) is 14.8. The van der Waals surface area contributed by atoms with Crippen LogP contribution in [0.15, 0.2) is 42.6 Å². The minimum absolute atomic E-state index is 0.106. The number of carbonyl (C=O) groups excluding carboxylic acids is 2. The second-order valence-electron chi connectivity index (χ2n) is 5.16. The van der Waals surface area contributed by atoms with Crippen LogP contribution in [0.3, 0.4) is 0 Å². The highest BCUT2D eigenvalue weighted by Gasteiger charge is 2.12. The number of aliphatic hydroxyl groups excluding tert-OH is 1. The molecule has 126 valence electrons. The van der Waals surface area contributed by atoms with Gasteiger partial charge in [0.2, 0.25) is 0 Å². The fourth-order valence-corrected chi connectivity index (χ4v) is 2.17. The lowest BCUT2D eigenvalue weighted by Crippen LogP contribution is -2.36. The number of benzene rings is 1. The van der Waals surface area contributed by atoms with E-state index in [1.807, 2.05) is 6.92 Å². The van der Waals surface area contributed by atoms with Crippen LogP contribution < -0.4 is 10.6 Å². The van der Waals surface area contributed by atoms with Crippen LogP contribution in [0.2, 0.25) is 5.15 Å². The fourth-order valence-electron chi connectivity index (χ4n) is 2.00. The Balaban J connectivity index is 2.01. The molecule has 1 aromatic heterocycles. The third-order valence-corrected chi connectivity index (χ3v) is 3.65. The number of anilines is 1. The van der Waals surface area contributed by atoms with Gasteiger partial charge in [-0.15, -0.1) is 0 Å². The fraction of sp³-hybridized carbons (Fsp3) is 0.235. The Morgan fingerprint density at radius 1 is 1.17 bits per heavy atom. The minimum Gasteiger partial charge on any atom is -0.394 e. The van der Waals surface area contributed by atoms with E-state index in [9.17, 15) is 9.59 Å². The Bertz CT molecular complexity index is 715. The molecule has 0 spiro atoms.